The minimum absolute atomic E-state index is 0.0308. The SMILES string of the molecule is OCCCCCC(O)C(CO)OCCOCCO. The molecule has 0 aliphatic rings. The quantitative estimate of drug-likeness (QED) is 0.329. The molecule has 0 fully saturated rings. The fourth-order valence-corrected chi connectivity index (χ4v) is 1.54. The average Bonchev–Trinajstić information content (AvgIpc) is 2.39. The molecular weight excluding hydrogens is 240 g/mol. The summed E-state index contributed by atoms with van der Waals surface area (Å²) in [5.41, 5.74) is 0. The molecule has 0 saturated carbocycles. The van der Waals surface area contributed by atoms with Crippen LogP contribution >= 0.6 is 0 Å². The van der Waals surface area contributed by atoms with Crippen LogP contribution in [-0.2, 0) is 9.47 Å². The smallest absolute Gasteiger partial charge is 0.106 e. The Labute approximate surface area is 108 Å². The van der Waals surface area contributed by atoms with E-state index in [0.29, 0.717) is 13.0 Å². The van der Waals surface area contributed by atoms with Crippen molar-refractivity contribution in [2.75, 3.05) is 39.6 Å². The number of hydrogen-bond donors (Lipinski definition) is 4. The van der Waals surface area contributed by atoms with E-state index < -0.39 is 12.2 Å². The number of rotatable bonds is 13. The first-order chi connectivity index (χ1) is 8.76. The summed E-state index contributed by atoms with van der Waals surface area (Å²) in [6.45, 7) is 0.764. The predicted octanol–water partition coefficient (Wildman–Crippen LogP) is -0.714. The number of aliphatic hydroxyl groups is 4. The second kappa shape index (κ2) is 13.2. The molecular formula is C12H26O6. The summed E-state index contributed by atoms with van der Waals surface area (Å²) in [4.78, 5) is 0. The molecule has 0 aromatic rings. The minimum atomic E-state index is -0.702. The second-order valence-electron chi connectivity index (χ2n) is 4.07. The maximum absolute atomic E-state index is 9.78. The van der Waals surface area contributed by atoms with Gasteiger partial charge in [0.05, 0.1) is 39.1 Å². The van der Waals surface area contributed by atoms with Gasteiger partial charge in [0.15, 0.2) is 0 Å². The van der Waals surface area contributed by atoms with E-state index in [0.717, 1.165) is 19.3 Å². The van der Waals surface area contributed by atoms with E-state index in [9.17, 15) is 5.11 Å². The van der Waals surface area contributed by atoms with Crippen molar-refractivity contribution >= 4 is 0 Å². The Balaban J connectivity index is 3.58. The van der Waals surface area contributed by atoms with Gasteiger partial charge >= 0.3 is 0 Å². The number of unbranched alkanes of at least 4 members (excludes halogenated alkanes) is 2. The molecule has 110 valence electrons. The van der Waals surface area contributed by atoms with Crippen molar-refractivity contribution in [3.8, 4) is 0 Å². The molecule has 0 saturated heterocycles. The molecule has 0 rings (SSSR count). The van der Waals surface area contributed by atoms with Crippen LogP contribution in [-0.4, -0.2) is 72.3 Å². The maximum atomic E-state index is 9.78. The molecule has 0 aliphatic carbocycles. The van der Waals surface area contributed by atoms with Crippen molar-refractivity contribution < 1.29 is 29.9 Å². The standard InChI is InChI=1S/C12H26O6/c13-5-3-1-2-4-11(16)12(10-15)18-9-8-17-7-6-14/h11-16H,1-10H2. The van der Waals surface area contributed by atoms with E-state index in [4.69, 9.17) is 24.8 Å². The Bertz CT molecular complexity index is 167. The van der Waals surface area contributed by atoms with Gasteiger partial charge in [-0.2, -0.15) is 0 Å². The highest BCUT2D eigenvalue weighted by atomic mass is 16.5. The lowest BCUT2D eigenvalue weighted by molar-refractivity contribution is -0.0812. The molecule has 0 heterocycles. The normalized spacial score (nSPS) is 14.7. The largest absolute Gasteiger partial charge is 0.396 e. The topological polar surface area (TPSA) is 99.4 Å². The zero-order valence-electron chi connectivity index (χ0n) is 10.8. The Morgan fingerprint density at radius 1 is 0.833 bits per heavy atom. The molecule has 2 atom stereocenters. The molecule has 2 unspecified atom stereocenters. The van der Waals surface area contributed by atoms with Gasteiger partial charge in [0.2, 0.25) is 0 Å². The van der Waals surface area contributed by atoms with Gasteiger partial charge in [-0.1, -0.05) is 12.8 Å². The molecule has 0 radical (unpaired) electrons. The summed E-state index contributed by atoms with van der Waals surface area (Å²) in [5.74, 6) is 0. The van der Waals surface area contributed by atoms with Gasteiger partial charge in [-0.15, -0.1) is 0 Å². The van der Waals surface area contributed by atoms with Crippen LogP contribution in [0.4, 0.5) is 0 Å². The Morgan fingerprint density at radius 2 is 1.61 bits per heavy atom. The molecule has 0 aromatic carbocycles. The number of aliphatic hydroxyl groups excluding tert-OH is 4. The zero-order valence-corrected chi connectivity index (χ0v) is 10.8. The average molecular weight is 266 g/mol. The number of hydrogen-bond acceptors (Lipinski definition) is 6. The zero-order chi connectivity index (χ0) is 13.6. The van der Waals surface area contributed by atoms with Crippen LogP contribution in [0.25, 0.3) is 0 Å². The molecule has 0 spiro atoms. The highest BCUT2D eigenvalue weighted by Gasteiger charge is 2.18. The van der Waals surface area contributed by atoms with Crippen LogP contribution < -0.4 is 0 Å². The lowest BCUT2D eigenvalue weighted by Crippen LogP contribution is -2.33. The lowest BCUT2D eigenvalue weighted by Gasteiger charge is -2.21. The molecule has 0 aliphatic heterocycles. The van der Waals surface area contributed by atoms with E-state index in [-0.39, 0.29) is 33.0 Å². The maximum Gasteiger partial charge on any atom is 0.106 e. The van der Waals surface area contributed by atoms with Gasteiger partial charge in [0, 0.05) is 6.61 Å². The third kappa shape index (κ3) is 9.76. The summed E-state index contributed by atoms with van der Waals surface area (Å²) in [5, 5.41) is 36.0. The first-order valence-corrected chi connectivity index (χ1v) is 6.46. The second-order valence-corrected chi connectivity index (χ2v) is 4.07. The van der Waals surface area contributed by atoms with Gasteiger partial charge in [0.1, 0.15) is 6.10 Å². The minimum Gasteiger partial charge on any atom is -0.396 e. The molecule has 6 heteroatoms. The van der Waals surface area contributed by atoms with Crippen molar-refractivity contribution in [3.05, 3.63) is 0 Å². The highest BCUT2D eigenvalue weighted by molar-refractivity contribution is 4.68. The van der Waals surface area contributed by atoms with Crippen molar-refractivity contribution in [2.45, 2.75) is 37.9 Å². The summed E-state index contributed by atoms with van der Waals surface area (Å²) in [7, 11) is 0. The Morgan fingerprint density at radius 3 is 2.22 bits per heavy atom. The van der Waals surface area contributed by atoms with E-state index in [1.807, 2.05) is 0 Å². The molecule has 0 bridgehead atoms. The van der Waals surface area contributed by atoms with Crippen molar-refractivity contribution in [2.24, 2.45) is 0 Å². The van der Waals surface area contributed by atoms with E-state index >= 15 is 0 Å². The third-order valence-corrected chi connectivity index (χ3v) is 2.56. The van der Waals surface area contributed by atoms with Crippen LogP contribution in [0.5, 0.6) is 0 Å². The fraction of sp³-hybridized carbons (Fsp3) is 1.00. The number of ether oxygens (including phenoxy) is 2. The summed E-state index contributed by atoms with van der Waals surface area (Å²) in [6.07, 6.45) is 1.62. The van der Waals surface area contributed by atoms with Gasteiger partial charge in [-0.05, 0) is 12.8 Å². The van der Waals surface area contributed by atoms with E-state index in [2.05, 4.69) is 0 Å². The predicted molar refractivity (Wildman–Crippen MR) is 66.3 cm³/mol. The van der Waals surface area contributed by atoms with Crippen LogP contribution in [0.2, 0.25) is 0 Å². The highest BCUT2D eigenvalue weighted by Crippen LogP contribution is 2.09. The van der Waals surface area contributed by atoms with Crippen LogP contribution in [0.15, 0.2) is 0 Å². The monoisotopic (exact) mass is 266 g/mol. The fourth-order valence-electron chi connectivity index (χ4n) is 1.54. The molecule has 6 nitrogen and oxygen atoms in total. The summed E-state index contributed by atoms with van der Waals surface area (Å²) in [6, 6.07) is 0. The van der Waals surface area contributed by atoms with E-state index in [1.54, 1.807) is 0 Å². The van der Waals surface area contributed by atoms with Crippen LogP contribution in [0.1, 0.15) is 25.7 Å². The Hall–Kier alpha value is -0.240. The first kappa shape index (κ1) is 17.8. The first-order valence-electron chi connectivity index (χ1n) is 6.46. The lowest BCUT2D eigenvalue weighted by atomic mass is 10.1. The van der Waals surface area contributed by atoms with Gasteiger partial charge in [0.25, 0.3) is 0 Å². The molecule has 0 amide bonds. The molecule has 4 N–H and O–H groups in total. The Kier molecular flexibility index (Phi) is 13.0. The molecule has 18 heavy (non-hydrogen) atoms. The van der Waals surface area contributed by atoms with Gasteiger partial charge < -0.3 is 29.9 Å². The van der Waals surface area contributed by atoms with Crippen molar-refractivity contribution in [3.63, 3.8) is 0 Å². The van der Waals surface area contributed by atoms with Crippen molar-refractivity contribution in [1.29, 1.82) is 0 Å². The van der Waals surface area contributed by atoms with Crippen LogP contribution in [0.3, 0.4) is 0 Å². The van der Waals surface area contributed by atoms with E-state index in [1.165, 1.54) is 0 Å². The van der Waals surface area contributed by atoms with Gasteiger partial charge in [-0.25, -0.2) is 0 Å². The van der Waals surface area contributed by atoms with Crippen molar-refractivity contribution in [1.82, 2.24) is 0 Å². The summed E-state index contributed by atoms with van der Waals surface area (Å²) < 4.78 is 10.3. The molecule has 0 aromatic heterocycles. The summed E-state index contributed by atoms with van der Waals surface area (Å²) >= 11 is 0. The third-order valence-electron chi connectivity index (χ3n) is 2.56. The van der Waals surface area contributed by atoms with Crippen LogP contribution in [0, 0.1) is 0 Å². The van der Waals surface area contributed by atoms with Gasteiger partial charge in [-0.3, -0.25) is 0 Å².